The highest BCUT2D eigenvalue weighted by molar-refractivity contribution is 5.75. The second-order valence-electron chi connectivity index (χ2n) is 4.71. The molecule has 1 aliphatic carbocycles. The summed E-state index contributed by atoms with van der Waals surface area (Å²) in [6, 6.07) is 0.269. The van der Waals surface area contributed by atoms with Gasteiger partial charge in [-0.05, 0) is 32.6 Å². The van der Waals surface area contributed by atoms with E-state index in [1.165, 1.54) is 0 Å². The second-order valence-corrected chi connectivity index (χ2v) is 4.71. The van der Waals surface area contributed by atoms with Crippen LogP contribution < -0.4 is 5.32 Å². The number of carboxylic acids is 1. The molecule has 1 unspecified atom stereocenters. The zero-order chi connectivity index (χ0) is 12.8. The first-order valence-corrected chi connectivity index (χ1v) is 6.33. The van der Waals surface area contributed by atoms with Crippen LogP contribution in [0.25, 0.3) is 0 Å². The Bertz CT molecular complexity index is 277. The maximum Gasteiger partial charge on any atom is 0.317 e. The van der Waals surface area contributed by atoms with E-state index < -0.39 is 5.97 Å². The van der Waals surface area contributed by atoms with Crippen LogP contribution in [0.2, 0.25) is 0 Å². The lowest BCUT2D eigenvalue weighted by Gasteiger charge is -2.24. The minimum absolute atomic E-state index is 0.0489. The highest BCUT2D eigenvalue weighted by Crippen LogP contribution is 2.26. The van der Waals surface area contributed by atoms with Gasteiger partial charge in [-0.2, -0.15) is 0 Å². The van der Waals surface area contributed by atoms with E-state index in [0.717, 1.165) is 25.8 Å². The molecule has 98 valence electrons. The summed E-state index contributed by atoms with van der Waals surface area (Å²) >= 11 is 0. The first kappa shape index (κ1) is 13.8. The number of amides is 2. The van der Waals surface area contributed by atoms with Gasteiger partial charge in [-0.25, -0.2) is 4.79 Å². The van der Waals surface area contributed by atoms with Crippen molar-refractivity contribution in [2.24, 2.45) is 0 Å². The van der Waals surface area contributed by atoms with Crippen molar-refractivity contribution in [2.75, 3.05) is 6.54 Å². The predicted molar refractivity (Wildman–Crippen MR) is 64.9 cm³/mol. The second kappa shape index (κ2) is 6.47. The van der Waals surface area contributed by atoms with Crippen LogP contribution in [0.1, 0.15) is 46.0 Å². The summed E-state index contributed by atoms with van der Waals surface area (Å²) in [5.74, 6) is -0.821. The fraction of sp³-hybridized carbons (Fsp3) is 0.833. The van der Waals surface area contributed by atoms with Gasteiger partial charge in [-0.1, -0.05) is 6.92 Å². The van der Waals surface area contributed by atoms with Crippen molar-refractivity contribution in [3.8, 4) is 0 Å². The van der Waals surface area contributed by atoms with Gasteiger partial charge < -0.3 is 15.3 Å². The number of urea groups is 1. The highest BCUT2D eigenvalue weighted by atomic mass is 16.4. The fourth-order valence-corrected chi connectivity index (χ4v) is 1.78. The van der Waals surface area contributed by atoms with Gasteiger partial charge in [0.25, 0.3) is 0 Å². The van der Waals surface area contributed by atoms with Crippen molar-refractivity contribution >= 4 is 12.0 Å². The fourth-order valence-electron chi connectivity index (χ4n) is 1.78. The monoisotopic (exact) mass is 242 g/mol. The molecular formula is C12H22N2O3. The van der Waals surface area contributed by atoms with Gasteiger partial charge >= 0.3 is 12.0 Å². The number of rotatable bonds is 7. The van der Waals surface area contributed by atoms with Crippen LogP contribution in [-0.2, 0) is 4.79 Å². The Morgan fingerprint density at radius 1 is 1.47 bits per heavy atom. The topological polar surface area (TPSA) is 69.6 Å². The molecule has 1 fully saturated rings. The van der Waals surface area contributed by atoms with Crippen molar-refractivity contribution in [2.45, 2.75) is 58.0 Å². The molecule has 0 aromatic heterocycles. The third-order valence-corrected chi connectivity index (χ3v) is 2.87. The average molecular weight is 242 g/mol. The van der Waals surface area contributed by atoms with E-state index >= 15 is 0 Å². The van der Waals surface area contributed by atoms with E-state index in [1.807, 2.05) is 11.8 Å². The molecule has 0 aliphatic heterocycles. The van der Waals surface area contributed by atoms with Gasteiger partial charge in [0.1, 0.15) is 0 Å². The molecule has 1 aliphatic rings. The molecule has 1 rings (SSSR count). The van der Waals surface area contributed by atoms with Gasteiger partial charge in [0.2, 0.25) is 0 Å². The standard InChI is InChI=1S/C12H22N2O3/c1-3-8-14(10-5-6-10)12(17)13-9(2)4-7-11(15)16/h9-10H,3-8H2,1-2H3,(H,13,17)(H,15,16). The van der Waals surface area contributed by atoms with Gasteiger partial charge in [-0.3, -0.25) is 4.79 Å². The molecule has 0 saturated heterocycles. The summed E-state index contributed by atoms with van der Waals surface area (Å²) in [6.07, 6.45) is 3.71. The molecule has 0 spiro atoms. The molecule has 17 heavy (non-hydrogen) atoms. The van der Waals surface area contributed by atoms with Crippen LogP contribution in [0.15, 0.2) is 0 Å². The first-order valence-electron chi connectivity index (χ1n) is 6.33. The number of nitrogens with zero attached hydrogens (tertiary/aromatic N) is 1. The molecule has 0 bridgehead atoms. The lowest BCUT2D eigenvalue weighted by atomic mass is 10.2. The zero-order valence-corrected chi connectivity index (χ0v) is 10.6. The van der Waals surface area contributed by atoms with Crippen LogP contribution >= 0.6 is 0 Å². The smallest absolute Gasteiger partial charge is 0.317 e. The molecule has 2 N–H and O–H groups in total. The van der Waals surface area contributed by atoms with E-state index in [9.17, 15) is 9.59 Å². The van der Waals surface area contributed by atoms with Crippen molar-refractivity contribution < 1.29 is 14.7 Å². The Balaban J connectivity index is 2.32. The van der Waals surface area contributed by atoms with Gasteiger partial charge in [-0.15, -0.1) is 0 Å². The van der Waals surface area contributed by atoms with Crippen LogP contribution in [0.4, 0.5) is 4.79 Å². The number of nitrogens with one attached hydrogen (secondary N) is 1. The third kappa shape index (κ3) is 5.06. The van der Waals surface area contributed by atoms with Gasteiger partial charge in [0, 0.05) is 25.0 Å². The highest BCUT2D eigenvalue weighted by Gasteiger charge is 2.32. The zero-order valence-electron chi connectivity index (χ0n) is 10.6. The van der Waals surface area contributed by atoms with Gasteiger partial charge in [0.15, 0.2) is 0 Å². The molecule has 5 nitrogen and oxygen atoms in total. The molecule has 1 saturated carbocycles. The number of hydrogen-bond donors (Lipinski definition) is 2. The predicted octanol–water partition coefficient (Wildman–Crippen LogP) is 1.82. The molecule has 1 atom stereocenters. The summed E-state index contributed by atoms with van der Waals surface area (Å²) in [6.45, 7) is 4.68. The number of carbonyl (C=O) groups excluding carboxylic acids is 1. The van der Waals surface area contributed by atoms with Crippen LogP contribution in [-0.4, -0.2) is 40.6 Å². The number of carboxylic acid groups (broad SMARTS) is 1. The Hall–Kier alpha value is -1.26. The molecule has 0 aromatic rings. The quantitative estimate of drug-likeness (QED) is 0.715. The lowest BCUT2D eigenvalue weighted by molar-refractivity contribution is -0.137. The molecular weight excluding hydrogens is 220 g/mol. The number of hydrogen-bond acceptors (Lipinski definition) is 2. The summed E-state index contributed by atoms with van der Waals surface area (Å²) in [4.78, 5) is 24.2. The van der Waals surface area contributed by atoms with Gasteiger partial charge in [0.05, 0.1) is 0 Å². The minimum atomic E-state index is -0.821. The number of aliphatic carboxylic acids is 1. The van der Waals surface area contributed by atoms with E-state index in [0.29, 0.717) is 12.5 Å². The number of carbonyl (C=O) groups is 2. The molecule has 0 radical (unpaired) electrons. The van der Waals surface area contributed by atoms with E-state index in [2.05, 4.69) is 12.2 Å². The van der Waals surface area contributed by atoms with Crippen molar-refractivity contribution in [1.29, 1.82) is 0 Å². The SMILES string of the molecule is CCCN(C(=O)NC(C)CCC(=O)O)C1CC1. The Morgan fingerprint density at radius 3 is 2.59 bits per heavy atom. The van der Waals surface area contributed by atoms with Crippen LogP contribution in [0.3, 0.4) is 0 Å². The normalized spacial score (nSPS) is 16.4. The average Bonchev–Trinajstić information content (AvgIpc) is 3.06. The molecule has 0 heterocycles. The molecule has 2 amide bonds. The summed E-state index contributed by atoms with van der Waals surface area (Å²) in [5.41, 5.74) is 0. The maximum atomic E-state index is 11.9. The van der Waals surface area contributed by atoms with Crippen LogP contribution in [0.5, 0.6) is 0 Å². The Morgan fingerprint density at radius 2 is 2.12 bits per heavy atom. The Labute approximate surface area is 102 Å². The van der Waals surface area contributed by atoms with Crippen molar-refractivity contribution in [3.63, 3.8) is 0 Å². The van der Waals surface area contributed by atoms with E-state index in [1.54, 1.807) is 0 Å². The molecule has 5 heteroatoms. The largest absolute Gasteiger partial charge is 0.481 e. The summed E-state index contributed by atoms with van der Waals surface area (Å²) in [5, 5.41) is 11.4. The minimum Gasteiger partial charge on any atom is -0.481 e. The van der Waals surface area contributed by atoms with E-state index in [-0.39, 0.29) is 18.5 Å². The first-order chi connectivity index (χ1) is 8.04. The van der Waals surface area contributed by atoms with E-state index in [4.69, 9.17) is 5.11 Å². The lowest BCUT2D eigenvalue weighted by Crippen LogP contribution is -2.45. The summed E-state index contributed by atoms with van der Waals surface area (Å²) < 4.78 is 0. The van der Waals surface area contributed by atoms with Crippen molar-refractivity contribution in [3.05, 3.63) is 0 Å². The Kier molecular flexibility index (Phi) is 5.25. The molecule has 0 aromatic carbocycles. The maximum absolute atomic E-state index is 11.9. The third-order valence-electron chi connectivity index (χ3n) is 2.87. The van der Waals surface area contributed by atoms with Crippen LogP contribution in [0, 0.1) is 0 Å². The summed E-state index contributed by atoms with van der Waals surface area (Å²) in [7, 11) is 0. The van der Waals surface area contributed by atoms with Crippen molar-refractivity contribution in [1.82, 2.24) is 10.2 Å².